The SMILES string of the molecule is CC(Cl)C(=O)Oc1cccc(OC(=O)C(C)Br)c1. The molecule has 0 saturated heterocycles. The van der Waals surface area contributed by atoms with Crippen molar-refractivity contribution in [1.82, 2.24) is 0 Å². The number of carbonyl (C=O) groups excluding carboxylic acids is 2. The summed E-state index contributed by atoms with van der Waals surface area (Å²) in [6.45, 7) is 3.17. The monoisotopic (exact) mass is 334 g/mol. The van der Waals surface area contributed by atoms with Gasteiger partial charge >= 0.3 is 11.9 Å². The maximum atomic E-state index is 11.4. The molecule has 0 bridgehead atoms. The van der Waals surface area contributed by atoms with Gasteiger partial charge in [-0.15, -0.1) is 11.6 Å². The fourth-order valence-corrected chi connectivity index (χ4v) is 1.13. The zero-order valence-electron chi connectivity index (χ0n) is 9.85. The molecule has 0 aliphatic heterocycles. The summed E-state index contributed by atoms with van der Waals surface area (Å²) in [5, 5.41) is -0.737. The average molecular weight is 336 g/mol. The molecule has 0 fully saturated rings. The van der Waals surface area contributed by atoms with Gasteiger partial charge < -0.3 is 9.47 Å². The predicted octanol–water partition coefficient (Wildman–Crippen LogP) is 2.91. The Morgan fingerprint density at radius 2 is 1.67 bits per heavy atom. The maximum absolute atomic E-state index is 11.4. The first-order valence-electron chi connectivity index (χ1n) is 5.21. The van der Waals surface area contributed by atoms with Crippen LogP contribution in [0, 0.1) is 0 Å². The van der Waals surface area contributed by atoms with Crippen LogP contribution in [0.15, 0.2) is 24.3 Å². The summed E-state index contributed by atoms with van der Waals surface area (Å²) in [7, 11) is 0. The van der Waals surface area contributed by atoms with Crippen LogP contribution in [0.3, 0.4) is 0 Å². The van der Waals surface area contributed by atoms with Gasteiger partial charge in [0.05, 0.1) is 0 Å². The van der Waals surface area contributed by atoms with E-state index in [1.54, 1.807) is 25.1 Å². The molecule has 0 spiro atoms. The standard InChI is InChI=1S/C12H12BrClO4/c1-7(13)11(15)17-9-4-3-5-10(6-9)18-12(16)8(2)14/h3-8H,1-2H3. The Kier molecular flexibility index (Phi) is 5.62. The fourth-order valence-electron chi connectivity index (χ4n) is 0.996. The number of benzene rings is 1. The highest BCUT2D eigenvalue weighted by Gasteiger charge is 2.14. The second-order valence-electron chi connectivity index (χ2n) is 3.55. The molecule has 0 aromatic heterocycles. The van der Waals surface area contributed by atoms with Gasteiger partial charge in [-0.1, -0.05) is 22.0 Å². The molecular weight excluding hydrogens is 323 g/mol. The Morgan fingerprint density at radius 3 is 2.11 bits per heavy atom. The smallest absolute Gasteiger partial charge is 0.329 e. The summed E-state index contributed by atoms with van der Waals surface area (Å²) in [5.74, 6) is -0.406. The molecule has 0 saturated carbocycles. The summed E-state index contributed by atoms with van der Waals surface area (Å²) < 4.78 is 10.0. The van der Waals surface area contributed by atoms with Crippen molar-refractivity contribution in [2.75, 3.05) is 0 Å². The molecule has 98 valence electrons. The first kappa shape index (κ1) is 15.0. The van der Waals surface area contributed by atoms with Gasteiger partial charge in [-0.05, 0) is 26.0 Å². The molecule has 18 heavy (non-hydrogen) atoms. The van der Waals surface area contributed by atoms with E-state index in [0.29, 0.717) is 5.75 Å². The molecule has 2 atom stereocenters. The van der Waals surface area contributed by atoms with Gasteiger partial charge in [-0.25, -0.2) is 0 Å². The Bertz CT molecular complexity index is 408. The maximum Gasteiger partial charge on any atom is 0.329 e. The molecule has 4 nitrogen and oxygen atoms in total. The first-order valence-corrected chi connectivity index (χ1v) is 6.57. The highest BCUT2D eigenvalue weighted by atomic mass is 79.9. The van der Waals surface area contributed by atoms with Gasteiger partial charge in [0.15, 0.2) is 0 Å². The Hall–Kier alpha value is -1.07. The average Bonchev–Trinajstić information content (AvgIpc) is 2.29. The molecule has 6 heteroatoms. The van der Waals surface area contributed by atoms with Crippen LogP contribution in [0.5, 0.6) is 11.5 Å². The number of hydrogen-bond acceptors (Lipinski definition) is 4. The summed E-state index contributed by atoms with van der Waals surface area (Å²) in [6.07, 6.45) is 0. The Balaban J connectivity index is 2.74. The second-order valence-corrected chi connectivity index (χ2v) is 5.58. The van der Waals surface area contributed by atoms with Crippen molar-refractivity contribution < 1.29 is 19.1 Å². The lowest BCUT2D eigenvalue weighted by Gasteiger charge is -2.08. The summed E-state index contributed by atoms with van der Waals surface area (Å²) >= 11 is 8.68. The third kappa shape index (κ3) is 4.66. The van der Waals surface area contributed by atoms with Crippen LogP contribution in [-0.4, -0.2) is 22.1 Å². The van der Waals surface area contributed by atoms with Crippen LogP contribution < -0.4 is 9.47 Å². The molecule has 0 amide bonds. The van der Waals surface area contributed by atoms with Crippen LogP contribution in [0.1, 0.15) is 13.8 Å². The number of rotatable bonds is 4. The van der Waals surface area contributed by atoms with E-state index in [1.165, 1.54) is 13.0 Å². The van der Waals surface area contributed by atoms with Gasteiger partial charge in [-0.2, -0.15) is 0 Å². The van der Waals surface area contributed by atoms with Crippen molar-refractivity contribution in [3.63, 3.8) is 0 Å². The Labute approximate surface area is 118 Å². The predicted molar refractivity (Wildman–Crippen MR) is 71.4 cm³/mol. The van der Waals surface area contributed by atoms with Crippen molar-refractivity contribution in [2.45, 2.75) is 24.1 Å². The minimum absolute atomic E-state index is 0.278. The highest BCUT2D eigenvalue weighted by Crippen LogP contribution is 2.21. The van der Waals surface area contributed by atoms with Gasteiger partial charge in [0.2, 0.25) is 0 Å². The lowest BCUT2D eigenvalue weighted by molar-refractivity contribution is -0.133. The largest absolute Gasteiger partial charge is 0.426 e. The topological polar surface area (TPSA) is 52.6 Å². The summed E-state index contributed by atoms with van der Waals surface area (Å²) in [4.78, 5) is 22.2. The quantitative estimate of drug-likeness (QED) is 0.482. The van der Waals surface area contributed by atoms with E-state index in [0.717, 1.165) is 0 Å². The minimum Gasteiger partial charge on any atom is -0.426 e. The van der Waals surface area contributed by atoms with Crippen LogP contribution in [0.4, 0.5) is 0 Å². The number of ether oxygens (including phenoxy) is 2. The molecule has 0 radical (unpaired) electrons. The normalized spacial score (nSPS) is 13.6. The molecule has 1 aromatic rings. The van der Waals surface area contributed by atoms with Crippen LogP contribution in [-0.2, 0) is 9.59 Å². The van der Waals surface area contributed by atoms with Gasteiger partial charge in [0, 0.05) is 6.07 Å². The van der Waals surface area contributed by atoms with E-state index in [-0.39, 0.29) is 5.75 Å². The zero-order valence-corrected chi connectivity index (χ0v) is 12.2. The van der Waals surface area contributed by atoms with Crippen LogP contribution >= 0.6 is 27.5 Å². The van der Waals surface area contributed by atoms with E-state index in [9.17, 15) is 9.59 Å². The second kappa shape index (κ2) is 6.75. The zero-order chi connectivity index (χ0) is 13.7. The number of esters is 2. The van der Waals surface area contributed by atoms with Crippen molar-refractivity contribution in [1.29, 1.82) is 0 Å². The highest BCUT2D eigenvalue weighted by molar-refractivity contribution is 9.10. The lowest BCUT2D eigenvalue weighted by atomic mass is 10.3. The number of halogens is 2. The third-order valence-electron chi connectivity index (χ3n) is 1.89. The fraction of sp³-hybridized carbons (Fsp3) is 0.333. The van der Waals surface area contributed by atoms with Gasteiger partial charge in [0.25, 0.3) is 0 Å². The van der Waals surface area contributed by atoms with Crippen LogP contribution in [0.25, 0.3) is 0 Å². The molecule has 1 aromatic carbocycles. The van der Waals surface area contributed by atoms with E-state index >= 15 is 0 Å². The molecule has 0 aliphatic rings. The van der Waals surface area contributed by atoms with E-state index in [4.69, 9.17) is 21.1 Å². The number of carbonyl (C=O) groups is 2. The molecule has 0 aliphatic carbocycles. The molecule has 0 heterocycles. The van der Waals surface area contributed by atoms with Gasteiger partial charge in [0.1, 0.15) is 21.7 Å². The van der Waals surface area contributed by atoms with E-state index < -0.39 is 22.1 Å². The van der Waals surface area contributed by atoms with Crippen LogP contribution in [0.2, 0.25) is 0 Å². The van der Waals surface area contributed by atoms with E-state index in [1.807, 2.05) is 0 Å². The molecule has 1 rings (SSSR count). The van der Waals surface area contributed by atoms with Crippen molar-refractivity contribution in [2.24, 2.45) is 0 Å². The van der Waals surface area contributed by atoms with Crippen molar-refractivity contribution in [3.05, 3.63) is 24.3 Å². The third-order valence-corrected chi connectivity index (χ3v) is 2.44. The number of hydrogen-bond donors (Lipinski definition) is 0. The minimum atomic E-state index is -0.737. The molecule has 0 N–H and O–H groups in total. The summed E-state index contributed by atoms with van der Waals surface area (Å²) in [5.41, 5.74) is 0. The molecule has 2 unspecified atom stereocenters. The molecular formula is C12H12BrClO4. The lowest BCUT2D eigenvalue weighted by Crippen LogP contribution is -2.18. The van der Waals surface area contributed by atoms with E-state index in [2.05, 4.69) is 15.9 Å². The first-order chi connectivity index (χ1) is 8.40. The van der Waals surface area contributed by atoms with Crippen molar-refractivity contribution in [3.8, 4) is 11.5 Å². The van der Waals surface area contributed by atoms with Gasteiger partial charge in [-0.3, -0.25) is 9.59 Å². The Morgan fingerprint density at radius 1 is 1.17 bits per heavy atom. The number of alkyl halides is 2. The summed E-state index contributed by atoms with van der Waals surface area (Å²) in [6, 6.07) is 6.23. The van der Waals surface area contributed by atoms with Crippen molar-refractivity contribution >= 4 is 39.5 Å².